The molecular formula is C26H26N2O7. The molecular weight excluding hydrogens is 452 g/mol. The first-order valence-corrected chi connectivity index (χ1v) is 10.6. The van der Waals surface area contributed by atoms with Gasteiger partial charge in [-0.1, -0.05) is 18.2 Å². The number of rotatable bonds is 10. The topological polar surface area (TPSA) is 105 Å². The van der Waals surface area contributed by atoms with E-state index in [9.17, 15) is 9.59 Å². The summed E-state index contributed by atoms with van der Waals surface area (Å²) in [5.74, 6) is 1.06. The van der Waals surface area contributed by atoms with Gasteiger partial charge in [-0.15, -0.1) is 0 Å². The minimum atomic E-state index is -0.591. The van der Waals surface area contributed by atoms with Gasteiger partial charge in [0, 0.05) is 0 Å². The lowest BCUT2D eigenvalue weighted by molar-refractivity contribution is -0.123. The summed E-state index contributed by atoms with van der Waals surface area (Å²) in [7, 11) is 4.41. The molecule has 0 aliphatic rings. The summed E-state index contributed by atoms with van der Waals surface area (Å²) < 4.78 is 26.7. The van der Waals surface area contributed by atoms with Gasteiger partial charge < -0.3 is 23.7 Å². The smallest absolute Gasteiger partial charge is 0.343 e. The van der Waals surface area contributed by atoms with E-state index in [1.165, 1.54) is 39.7 Å². The number of hydrogen-bond acceptors (Lipinski definition) is 8. The van der Waals surface area contributed by atoms with Crippen LogP contribution in [0.3, 0.4) is 0 Å². The molecule has 0 saturated heterocycles. The maximum atomic E-state index is 12.6. The number of methoxy groups -OCH3 is 3. The van der Waals surface area contributed by atoms with Gasteiger partial charge in [0.05, 0.1) is 33.1 Å². The molecule has 9 nitrogen and oxygen atoms in total. The molecule has 0 bridgehead atoms. The Morgan fingerprint density at radius 2 is 1.54 bits per heavy atom. The van der Waals surface area contributed by atoms with E-state index in [0.717, 1.165) is 5.56 Å². The first-order chi connectivity index (χ1) is 16.9. The molecule has 3 rings (SSSR count). The monoisotopic (exact) mass is 478 g/mol. The van der Waals surface area contributed by atoms with Crippen LogP contribution < -0.4 is 29.1 Å². The maximum Gasteiger partial charge on any atom is 0.343 e. The predicted molar refractivity (Wildman–Crippen MR) is 130 cm³/mol. The molecule has 3 aromatic rings. The van der Waals surface area contributed by atoms with E-state index in [0.29, 0.717) is 34.3 Å². The zero-order chi connectivity index (χ0) is 25.2. The molecule has 182 valence electrons. The van der Waals surface area contributed by atoms with Crippen LogP contribution in [0.2, 0.25) is 0 Å². The molecule has 1 N–H and O–H groups in total. The quantitative estimate of drug-likeness (QED) is 0.205. The van der Waals surface area contributed by atoms with E-state index in [1.807, 2.05) is 25.1 Å². The number of aryl methyl sites for hydroxylation is 1. The number of benzene rings is 3. The van der Waals surface area contributed by atoms with Crippen molar-refractivity contribution >= 4 is 18.1 Å². The molecule has 35 heavy (non-hydrogen) atoms. The molecule has 3 aromatic carbocycles. The van der Waals surface area contributed by atoms with Crippen LogP contribution in [0.25, 0.3) is 0 Å². The van der Waals surface area contributed by atoms with Gasteiger partial charge in [-0.3, -0.25) is 4.79 Å². The van der Waals surface area contributed by atoms with Crippen molar-refractivity contribution in [1.29, 1.82) is 0 Å². The van der Waals surface area contributed by atoms with Gasteiger partial charge in [-0.2, -0.15) is 5.10 Å². The maximum absolute atomic E-state index is 12.6. The van der Waals surface area contributed by atoms with Crippen LogP contribution in [-0.2, 0) is 4.79 Å². The summed E-state index contributed by atoms with van der Waals surface area (Å²) in [5.41, 5.74) is 4.28. The zero-order valence-electron chi connectivity index (χ0n) is 19.9. The van der Waals surface area contributed by atoms with Crippen LogP contribution in [-0.4, -0.2) is 46.0 Å². The normalized spacial score (nSPS) is 10.5. The molecule has 0 atom stereocenters. The number of esters is 1. The van der Waals surface area contributed by atoms with Crippen LogP contribution in [0.1, 0.15) is 21.5 Å². The predicted octanol–water partition coefficient (Wildman–Crippen LogP) is 3.77. The van der Waals surface area contributed by atoms with Crippen molar-refractivity contribution in [1.82, 2.24) is 5.43 Å². The molecule has 1 amide bonds. The zero-order valence-corrected chi connectivity index (χ0v) is 19.9. The van der Waals surface area contributed by atoms with Crippen LogP contribution >= 0.6 is 0 Å². The standard InChI is InChI=1S/C26H26N2O7/c1-17-7-5-6-8-21(17)34-16-24(29)28-27-15-18-9-11-20(12-10-18)35-26(30)19-13-22(31-2)25(33-4)23(14-19)32-3/h5-15H,16H2,1-4H3,(H,28,29). The largest absolute Gasteiger partial charge is 0.493 e. The molecule has 0 spiro atoms. The van der Waals surface area contributed by atoms with Gasteiger partial charge in [-0.05, 0) is 60.5 Å². The fraction of sp³-hybridized carbons (Fsp3) is 0.192. The van der Waals surface area contributed by atoms with Crippen molar-refractivity contribution in [2.45, 2.75) is 6.92 Å². The number of nitrogens with zero attached hydrogens (tertiary/aromatic N) is 1. The summed E-state index contributed by atoms with van der Waals surface area (Å²) in [6, 6.07) is 17.1. The van der Waals surface area contributed by atoms with Crippen LogP contribution in [0, 0.1) is 6.92 Å². The number of amides is 1. The number of carbonyl (C=O) groups excluding carboxylic acids is 2. The van der Waals surface area contributed by atoms with Crippen LogP contribution in [0.5, 0.6) is 28.7 Å². The lowest BCUT2D eigenvalue weighted by atomic mass is 10.2. The highest BCUT2D eigenvalue weighted by atomic mass is 16.5. The second-order valence-corrected chi connectivity index (χ2v) is 7.22. The number of ether oxygens (including phenoxy) is 5. The summed E-state index contributed by atoms with van der Waals surface area (Å²) in [4.78, 5) is 24.5. The summed E-state index contributed by atoms with van der Waals surface area (Å²) in [6.45, 7) is 1.75. The molecule has 0 radical (unpaired) electrons. The minimum Gasteiger partial charge on any atom is -0.493 e. The Labute approximate surface area is 203 Å². The van der Waals surface area contributed by atoms with Gasteiger partial charge >= 0.3 is 5.97 Å². The van der Waals surface area contributed by atoms with Crippen molar-refractivity contribution in [3.63, 3.8) is 0 Å². The van der Waals surface area contributed by atoms with Gasteiger partial charge in [0.15, 0.2) is 18.1 Å². The molecule has 0 aliphatic carbocycles. The SMILES string of the molecule is COc1cc(C(=O)Oc2ccc(C=NNC(=O)COc3ccccc3C)cc2)cc(OC)c1OC. The highest BCUT2D eigenvalue weighted by Gasteiger charge is 2.18. The lowest BCUT2D eigenvalue weighted by Gasteiger charge is -2.13. The molecule has 0 aromatic heterocycles. The Bertz CT molecular complexity index is 1180. The summed E-state index contributed by atoms with van der Waals surface area (Å²) in [5, 5.41) is 3.92. The fourth-order valence-corrected chi connectivity index (χ4v) is 3.06. The van der Waals surface area contributed by atoms with Crippen molar-refractivity contribution in [2.75, 3.05) is 27.9 Å². The van der Waals surface area contributed by atoms with Gasteiger partial charge in [0.25, 0.3) is 5.91 Å². The number of carbonyl (C=O) groups is 2. The molecule has 0 aliphatic heterocycles. The Balaban J connectivity index is 1.55. The van der Waals surface area contributed by atoms with Crippen LogP contribution in [0.15, 0.2) is 65.8 Å². The second-order valence-electron chi connectivity index (χ2n) is 7.22. The Morgan fingerprint density at radius 3 is 2.14 bits per heavy atom. The molecule has 0 saturated carbocycles. The van der Waals surface area contributed by atoms with E-state index in [1.54, 1.807) is 30.3 Å². The first-order valence-electron chi connectivity index (χ1n) is 10.6. The highest BCUT2D eigenvalue weighted by Crippen LogP contribution is 2.38. The van der Waals surface area contributed by atoms with E-state index in [2.05, 4.69) is 10.5 Å². The van der Waals surface area contributed by atoms with Gasteiger partial charge in [0.1, 0.15) is 11.5 Å². The Kier molecular flexibility index (Phi) is 8.66. The van der Waals surface area contributed by atoms with Crippen molar-refractivity contribution in [3.8, 4) is 28.7 Å². The molecule has 0 heterocycles. The van der Waals surface area contributed by atoms with E-state index in [4.69, 9.17) is 23.7 Å². The summed E-state index contributed by atoms with van der Waals surface area (Å²) in [6.07, 6.45) is 1.47. The number of hydrogen-bond donors (Lipinski definition) is 1. The fourth-order valence-electron chi connectivity index (χ4n) is 3.06. The van der Waals surface area contributed by atoms with E-state index in [-0.39, 0.29) is 18.1 Å². The van der Waals surface area contributed by atoms with Crippen molar-refractivity contribution in [3.05, 3.63) is 77.4 Å². The van der Waals surface area contributed by atoms with Gasteiger partial charge in [-0.25, -0.2) is 10.2 Å². The Morgan fingerprint density at radius 1 is 0.886 bits per heavy atom. The number of para-hydroxylation sites is 1. The van der Waals surface area contributed by atoms with Crippen LogP contribution in [0.4, 0.5) is 0 Å². The van der Waals surface area contributed by atoms with E-state index < -0.39 is 5.97 Å². The van der Waals surface area contributed by atoms with Gasteiger partial charge in [0.2, 0.25) is 5.75 Å². The first kappa shape index (κ1) is 25.1. The number of nitrogens with one attached hydrogen (secondary N) is 1. The van der Waals surface area contributed by atoms with Crippen molar-refractivity contribution in [2.24, 2.45) is 5.10 Å². The lowest BCUT2D eigenvalue weighted by Crippen LogP contribution is -2.24. The molecule has 9 heteroatoms. The average molecular weight is 479 g/mol. The third-order valence-electron chi connectivity index (χ3n) is 4.85. The summed E-state index contributed by atoms with van der Waals surface area (Å²) >= 11 is 0. The van der Waals surface area contributed by atoms with Crippen molar-refractivity contribution < 1.29 is 33.3 Å². The molecule has 0 unspecified atom stereocenters. The highest BCUT2D eigenvalue weighted by molar-refractivity contribution is 5.93. The Hall–Kier alpha value is -4.53. The third-order valence-corrected chi connectivity index (χ3v) is 4.85. The second kappa shape index (κ2) is 12.1. The minimum absolute atomic E-state index is 0.155. The third kappa shape index (κ3) is 6.73. The average Bonchev–Trinajstić information content (AvgIpc) is 2.88. The number of hydrazone groups is 1. The van der Waals surface area contributed by atoms with E-state index >= 15 is 0 Å². The molecule has 0 fully saturated rings.